The number of anilines is 1. The van der Waals surface area contributed by atoms with Gasteiger partial charge in [0.1, 0.15) is 11.6 Å². The summed E-state index contributed by atoms with van der Waals surface area (Å²) in [7, 11) is 0. The van der Waals surface area contributed by atoms with E-state index < -0.39 is 23.8 Å². The van der Waals surface area contributed by atoms with E-state index in [9.17, 15) is 14.0 Å². The lowest BCUT2D eigenvalue weighted by molar-refractivity contribution is -0.141. The van der Waals surface area contributed by atoms with Gasteiger partial charge in [-0.3, -0.25) is 9.59 Å². The summed E-state index contributed by atoms with van der Waals surface area (Å²) >= 11 is 0. The second-order valence-corrected chi connectivity index (χ2v) is 5.85. The smallest absolute Gasteiger partial charge is 0.306 e. The number of halogens is 1. The van der Waals surface area contributed by atoms with Gasteiger partial charge in [0, 0.05) is 11.8 Å². The topological polar surface area (TPSA) is 75.6 Å². The summed E-state index contributed by atoms with van der Waals surface area (Å²) in [6.45, 7) is 3.21. The van der Waals surface area contributed by atoms with Crippen molar-refractivity contribution in [3.8, 4) is 5.75 Å². The van der Waals surface area contributed by atoms with Crippen molar-refractivity contribution in [3.05, 3.63) is 59.9 Å². The van der Waals surface area contributed by atoms with Crippen molar-refractivity contribution in [1.82, 2.24) is 0 Å². The fourth-order valence-corrected chi connectivity index (χ4v) is 2.21. The van der Waals surface area contributed by atoms with Crippen LogP contribution in [0.2, 0.25) is 0 Å². The highest BCUT2D eigenvalue weighted by molar-refractivity contribution is 5.94. The Balaban J connectivity index is 1.92. The fraction of sp³-hybridized carbons (Fsp3) is 0.263. The Labute approximate surface area is 145 Å². The predicted molar refractivity (Wildman–Crippen MR) is 92.1 cm³/mol. The van der Waals surface area contributed by atoms with Gasteiger partial charge in [0.25, 0.3) is 5.91 Å². The molecule has 0 aliphatic rings. The van der Waals surface area contributed by atoms with E-state index in [1.807, 2.05) is 0 Å². The molecule has 0 aromatic heterocycles. The highest BCUT2D eigenvalue weighted by Crippen LogP contribution is 2.16. The molecule has 0 aliphatic heterocycles. The minimum atomic E-state index is -0.847. The quantitative estimate of drug-likeness (QED) is 0.805. The molecule has 0 bridgehead atoms. The number of nitrogens with one attached hydrogen (secondary N) is 1. The van der Waals surface area contributed by atoms with Crippen LogP contribution in [-0.2, 0) is 16.0 Å². The van der Waals surface area contributed by atoms with Gasteiger partial charge in [-0.25, -0.2) is 4.39 Å². The van der Waals surface area contributed by atoms with Gasteiger partial charge in [0.05, 0.1) is 5.92 Å². The molecule has 0 saturated carbocycles. The first-order valence-corrected chi connectivity index (χ1v) is 7.90. The lowest BCUT2D eigenvalue weighted by atomic mass is 10.0. The standard InChI is InChI=1S/C19H20FNO4/c1-12(19(23)24)10-14-6-8-16(9-7-14)21-18(22)13(2)25-17-5-3-4-15(20)11-17/h3-9,11-13H,10H2,1-2H3,(H,21,22)(H,23,24). The Morgan fingerprint density at radius 2 is 1.84 bits per heavy atom. The molecule has 0 radical (unpaired) electrons. The molecule has 2 atom stereocenters. The van der Waals surface area contributed by atoms with Gasteiger partial charge in [0.15, 0.2) is 6.10 Å². The maximum absolute atomic E-state index is 13.1. The van der Waals surface area contributed by atoms with Crippen molar-refractivity contribution in [2.75, 3.05) is 5.32 Å². The molecular weight excluding hydrogens is 325 g/mol. The van der Waals surface area contributed by atoms with E-state index in [2.05, 4.69) is 5.32 Å². The van der Waals surface area contributed by atoms with E-state index in [0.717, 1.165) is 5.56 Å². The number of hydrogen-bond donors (Lipinski definition) is 2. The third-order valence-corrected chi connectivity index (χ3v) is 3.66. The molecule has 25 heavy (non-hydrogen) atoms. The number of carbonyl (C=O) groups is 2. The van der Waals surface area contributed by atoms with Crippen molar-refractivity contribution < 1.29 is 23.8 Å². The molecule has 0 heterocycles. The number of carboxylic acids is 1. The van der Waals surface area contributed by atoms with Gasteiger partial charge in [-0.15, -0.1) is 0 Å². The molecule has 2 aromatic rings. The Bertz CT molecular complexity index is 745. The van der Waals surface area contributed by atoms with Crippen molar-refractivity contribution in [2.24, 2.45) is 5.92 Å². The van der Waals surface area contributed by atoms with E-state index >= 15 is 0 Å². The third-order valence-electron chi connectivity index (χ3n) is 3.66. The summed E-state index contributed by atoms with van der Waals surface area (Å²) in [6, 6.07) is 12.5. The predicted octanol–water partition coefficient (Wildman–Crippen LogP) is 3.49. The fourth-order valence-electron chi connectivity index (χ4n) is 2.21. The molecule has 2 N–H and O–H groups in total. The lowest BCUT2D eigenvalue weighted by Gasteiger charge is -2.15. The van der Waals surface area contributed by atoms with Gasteiger partial charge in [-0.2, -0.15) is 0 Å². The van der Waals surface area contributed by atoms with Crippen LogP contribution in [0.15, 0.2) is 48.5 Å². The van der Waals surface area contributed by atoms with E-state index in [1.165, 1.54) is 18.2 Å². The molecule has 2 rings (SSSR count). The van der Waals surface area contributed by atoms with Crippen LogP contribution in [-0.4, -0.2) is 23.1 Å². The molecule has 6 heteroatoms. The summed E-state index contributed by atoms with van der Waals surface area (Å²) < 4.78 is 18.5. The average Bonchev–Trinajstić information content (AvgIpc) is 2.56. The minimum absolute atomic E-state index is 0.278. The van der Waals surface area contributed by atoms with Gasteiger partial charge in [-0.05, 0) is 43.2 Å². The van der Waals surface area contributed by atoms with E-state index in [-0.39, 0.29) is 11.7 Å². The van der Waals surface area contributed by atoms with Crippen LogP contribution in [0.4, 0.5) is 10.1 Å². The van der Waals surface area contributed by atoms with Gasteiger partial charge in [0.2, 0.25) is 0 Å². The monoisotopic (exact) mass is 345 g/mol. The Kier molecular flexibility index (Phi) is 6.11. The molecule has 0 spiro atoms. The highest BCUT2D eigenvalue weighted by atomic mass is 19.1. The number of carbonyl (C=O) groups excluding carboxylic acids is 1. The average molecular weight is 345 g/mol. The van der Waals surface area contributed by atoms with Crippen LogP contribution < -0.4 is 10.1 Å². The third kappa shape index (κ3) is 5.60. The zero-order chi connectivity index (χ0) is 18.4. The zero-order valence-electron chi connectivity index (χ0n) is 14.0. The van der Waals surface area contributed by atoms with Crippen molar-refractivity contribution in [2.45, 2.75) is 26.4 Å². The highest BCUT2D eigenvalue weighted by Gasteiger charge is 2.16. The Morgan fingerprint density at radius 3 is 2.44 bits per heavy atom. The summed E-state index contributed by atoms with van der Waals surface area (Å²) in [6.07, 6.45) is -0.378. The van der Waals surface area contributed by atoms with Crippen LogP contribution in [0.3, 0.4) is 0 Å². The van der Waals surface area contributed by atoms with Crippen LogP contribution >= 0.6 is 0 Å². The summed E-state index contributed by atoms with van der Waals surface area (Å²) in [5, 5.41) is 11.6. The molecule has 2 aromatic carbocycles. The lowest BCUT2D eigenvalue weighted by Crippen LogP contribution is -2.30. The molecule has 1 amide bonds. The largest absolute Gasteiger partial charge is 0.481 e. The number of amides is 1. The first kappa shape index (κ1) is 18.4. The van der Waals surface area contributed by atoms with Crippen LogP contribution in [0.25, 0.3) is 0 Å². The van der Waals surface area contributed by atoms with E-state index in [0.29, 0.717) is 12.1 Å². The van der Waals surface area contributed by atoms with Crippen LogP contribution in [0.1, 0.15) is 19.4 Å². The molecule has 2 unspecified atom stereocenters. The van der Waals surface area contributed by atoms with Gasteiger partial charge >= 0.3 is 5.97 Å². The number of aliphatic carboxylic acids is 1. The van der Waals surface area contributed by atoms with Gasteiger partial charge in [-0.1, -0.05) is 25.1 Å². The first-order chi connectivity index (χ1) is 11.8. The molecule has 0 fully saturated rings. The second-order valence-electron chi connectivity index (χ2n) is 5.85. The Morgan fingerprint density at radius 1 is 1.16 bits per heavy atom. The maximum atomic E-state index is 13.1. The van der Waals surface area contributed by atoms with E-state index in [1.54, 1.807) is 44.2 Å². The summed E-state index contributed by atoms with van der Waals surface area (Å²) in [5.74, 6) is -1.84. The SMILES string of the molecule is CC(Cc1ccc(NC(=O)C(C)Oc2cccc(F)c2)cc1)C(=O)O. The summed E-state index contributed by atoms with van der Waals surface area (Å²) in [5.41, 5.74) is 1.45. The molecule has 0 aliphatic carbocycles. The maximum Gasteiger partial charge on any atom is 0.306 e. The van der Waals surface area contributed by atoms with Gasteiger partial charge < -0.3 is 15.2 Å². The molecule has 132 valence electrons. The number of carboxylic acid groups (broad SMARTS) is 1. The van der Waals surface area contributed by atoms with Crippen LogP contribution in [0, 0.1) is 11.7 Å². The van der Waals surface area contributed by atoms with E-state index in [4.69, 9.17) is 9.84 Å². The number of benzene rings is 2. The molecular formula is C19H20FNO4. The normalized spacial score (nSPS) is 12.9. The Hall–Kier alpha value is -2.89. The first-order valence-electron chi connectivity index (χ1n) is 7.90. The number of hydrogen-bond acceptors (Lipinski definition) is 3. The second kappa shape index (κ2) is 8.28. The number of ether oxygens (including phenoxy) is 1. The minimum Gasteiger partial charge on any atom is -0.481 e. The van der Waals surface area contributed by atoms with Crippen molar-refractivity contribution in [3.63, 3.8) is 0 Å². The van der Waals surface area contributed by atoms with Crippen molar-refractivity contribution >= 4 is 17.6 Å². The zero-order valence-corrected chi connectivity index (χ0v) is 14.0. The molecule has 5 nitrogen and oxygen atoms in total. The van der Waals surface area contributed by atoms with Crippen LogP contribution in [0.5, 0.6) is 5.75 Å². The molecule has 0 saturated heterocycles. The van der Waals surface area contributed by atoms with Crippen molar-refractivity contribution in [1.29, 1.82) is 0 Å². The summed E-state index contributed by atoms with van der Waals surface area (Å²) in [4.78, 5) is 23.0. The number of rotatable bonds is 7.